The van der Waals surface area contributed by atoms with Gasteiger partial charge in [-0.15, -0.1) is 0 Å². The van der Waals surface area contributed by atoms with E-state index >= 15 is 0 Å². The number of nitrogens with one attached hydrogen (secondary N) is 2. The molecule has 23 heavy (non-hydrogen) atoms. The van der Waals surface area contributed by atoms with Crippen molar-refractivity contribution in [1.29, 1.82) is 0 Å². The highest BCUT2D eigenvalue weighted by atomic mass is 32.1. The van der Waals surface area contributed by atoms with Gasteiger partial charge in [-0.1, -0.05) is 19.1 Å². The summed E-state index contributed by atoms with van der Waals surface area (Å²) >= 11 is 5.21. The maximum atomic E-state index is 12.2. The first-order valence-corrected chi connectivity index (χ1v) is 7.49. The second-order valence-corrected chi connectivity index (χ2v) is 5.29. The molecule has 1 heterocycles. The number of hydrogen-bond acceptors (Lipinski definition) is 5. The number of carbonyl (C=O) groups is 2. The highest BCUT2D eigenvalue weighted by Crippen LogP contribution is 2.29. The van der Waals surface area contributed by atoms with Gasteiger partial charge in [0.2, 0.25) is 0 Å². The predicted octanol–water partition coefficient (Wildman–Crippen LogP) is 1.83. The van der Waals surface area contributed by atoms with E-state index in [1.54, 1.807) is 24.3 Å². The van der Waals surface area contributed by atoms with Gasteiger partial charge in [0.25, 0.3) is 0 Å². The van der Waals surface area contributed by atoms with Gasteiger partial charge >= 0.3 is 11.9 Å². The molecule has 2 rings (SSSR count). The van der Waals surface area contributed by atoms with Crippen LogP contribution >= 0.6 is 12.2 Å². The third kappa shape index (κ3) is 3.50. The number of methoxy groups -OCH3 is 2. The zero-order valence-corrected chi connectivity index (χ0v) is 14.0. The molecule has 0 saturated heterocycles. The Kier molecular flexibility index (Phi) is 5.33. The van der Waals surface area contributed by atoms with E-state index in [9.17, 15) is 9.59 Å². The molecule has 122 valence electrons. The highest BCUT2D eigenvalue weighted by molar-refractivity contribution is 7.80. The molecular weight excluding hydrogens is 316 g/mol. The number of ether oxygens (including phenoxy) is 2. The Labute approximate surface area is 139 Å². The van der Waals surface area contributed by atoms with Crippen LogP contribution in [0.5, 0.6) is 0 Å². The van der Waals surface area contributed by atoms with Crippen molar-refractivity contribution in [1.82, 2.24) is 10.6 Å². The number of esters is 2. The average Bonchev–Trinajstić information content (AvgIpc) is 2.59. The summed E-state index contributed by atoms with van der Waals surface area (Å²) in [6.45, 7) is 1.93. The van der Waals surface area contributed by atoms with Crippen molar-refractivity contribution in [2.45, 2.75) is 19.4 Å². The van der Waals surface area contributed by atoms with Gasteiger partial charge in [-0.3, -0.25) is 0 Å². The Balaban J connectivity index is 2.44. The first kappa shape index (κ1) is 17.0. The van der Waals surface area contributed by atoms with E-state index in [1.807, 2.05) is 6.92 Å². The fraction of sp³-hybridized carbons (Fsp3) is 0.312. The third-order valence-electron chi connectivity index (χ3n) is 3.58. The molecular formula is C16H18N2O4S. The first-order chi connectivity index (χ1) is 11.0. The molecule has 1 aliphatic rings. The minimum atomic E-state index is -0.433. The van der Waals surface area contributed by atoms with Gasteiger partial charge in [0.1, 0.15) is 0 Å². The molecule has 0 saturated carbocycles. The topological polar surface area (TPSA) is 76.7 Å². The van der Waals surface area contributed by atoms with E-state index in [-0.39, 0.29) is 0 Å². The number of thiocarbonyl (C=S) groups is 1. The van der Waals surface area contributed by atoms with Gasteiger partial charge in [-0.05, 0) is 36.3 Å². The molecule has 0 unspecified atom stereocenters. The lowest BCUT2D eigenvalue weighted by atomic mass is 9.94. The summed E-state index contributed by atoms with van der Waals surface area (Å²) in [5.74, 6) is -0.838. The standard InChI is InChI=1S/C16H18N2O4S/c1-4-11-12(15(20)22-3)13(18-16(23)17-11)9-5-7-10(8-6-9)14(19)21-2/h5-8,13H,4H2,1-3H3,(H2,17,18,23)/t13-/m0/s1. The lowest BCUT2D eigenvalue weighted by Gasteiger charge is -2.30. The van der Waals surface area contributed by atoms with Crippen LogP contribution < -0.4 is 10.6 Å². The van der Waals surface area contributed by atoms with Crippen molar-refractivity contribution < 1.29 is 19.1 Å². The molecule has 1 aromatic rings. The fourth-order valence-corrected chi connectivity index (χ4v) is 2.67. The Morgan fingerprint density at radius 2 is 1.74 bits per heavy atom. The zero-order chi connectivity index (χ0) is 17.0. The van der Waals surface area contributed by atoms with Gasteiger partial charge < -0.3 is 20.1 Å². The first-order valence-electron chi connectivity index (χ1n) is 7.09. The van der Waals surface area contributed by atoms with E-state index in [2.05, 4.69) is 15.4 Å². The Hall–Kier alpha value is -2.41. The number of carbonyl (C=O) groups excluding carboxylic acids is 2. The SMILES string of the molecule is CCC1=C(C(=O)OC)[C@H](c2ccc(C(=O)OC)cc2)NC(=S)N1. The van der Waals surface area contributed by atoms with Crippen LogP contribution in [0.1, 0.15) is 35.3 Å². The van der Waals surface area contributed by atoms with E-state index in [4.69, 9.17) is 17.0 Å². The van der Waals surface area contributed by atoms with Gasteiger partial charge in [0.05, 0.1) is 31.4 Å². The molecule has 7 heteroatoms. The number of benzene rings is 1. The monoisotopic (exact) mass is 334 g/mol. The minimum absolute atomic E-state index is 0.414. The molecule has 0 fully saturated rings. The Morgan fingerprint density at radius 1 is 1.13 bits per heavy atom. The van der Waals surface area contributed by atoms with Crippen molar-refractivity contribution in [3.63, 3.8) is 0 Å². The molecule has 6 nitrogen and oxygen atoms in total. The molecule has 0 aromatic heterocycles. The summed E-state index contributed by atoms with van der Waals surface area (Å²) < 4.78 is 9.57. The molecule has 0 aliphatic carbocycles. The molecule has 0 bridgehead atoms. The van der Waals surface area contributed by atoms with E-state index in [0.29, 0.717) is 22.7 Å². The van der Waals surface area contributed by atoms with Gasteiger partial charge in [-0.25, -0.2) is 9.59 Å². The Bertz CT molecular complexity index is 667. The third-order valence-corrected chi connectivity index (χ3v) is 3.80. The maximum Gasteiger partial charge on any atom is 0.337 e. The molecule has 0 radical (unpaired) electrons. The summed E-state index contributed by atoms with van der Waals surface area (Å²) in [4.78, 5) is 23.7. The second kappa shape index (κ2) is 7.23. The largest absolute Gasteiger partial charge is 0.466 e. The predicted molar refractivity (Wildman–Crippen MR) is 88.7 cm³/mol. The van der Waals surface area contributed by atoms with E-state index < -0.39 is 18.0 Å². The number of rotatable bonds is 4. The van der Waals surface area contributed by atoms with Crippen LogP contribution in [0, 0.1) is 0 Å². The van der Waals surface area contributed by atoms with Crippen LogP contribution in [0.15, 0.2) is 35.5 Å². The number of hydrogen-bond donors (Lipinski definition) is 2. The minimum Gasteiger partial charge on any atom is -0.466 e. The van der Waals surface area contributed by atoms with Gasteiger partial charge in [0, 0.05) is 5.70 Å². The van der Waals surface area contributed by atoms with Crippen LogP contribution in [0.4, 0.5) is 0 Å². The number of allylic oxidation sites excluding steroid dienone is 1. The molecule has 1 atom stereocenters. The molecule has 2 N–H and O–H groups in total. The van der Waals surface area contributed by atoms with Crippen LogP contribution in [-0.4, -0.2) is 31.3 Å². The van der Waals surface area contributed by atoms with Crippen molar-refractivity contribution in [2.75, 3.05) is 14.2 Å². The summed E-state index contributed by atoms with van der Waals surface area (Å²) in [5.41, 5.74) is 2.44. The second-order valence-electron chi connectivity index (χ2n) is 4.88. The average molecular weight is 334 g/mol. The zero-order valence-electron chi connectivity index (χ0n) is 13.1. The van der Waals surface area contributed by atoms with E-state index in [1.165, 1.54) is 14.2 Å². The van der Waals surface area contributed by atoms with Crippen LogP contribution in [0.3, 0.4) is 0 Å². The lowest BCUT2D eigenvalue weighted by molar-refractivity contribution is -0.136. The smallest absolute Gasteiger partial charge is 0.337 e. The van der Waals surface area contributed by atoms with Crippen LogP contribution in [0.2, 0.25) is 0 Å². The normalized spacial score (nSPS) is 17.2. The lowest BCUT2D eigenvalue weighted by Crippen LogP contribution is -2.45. The van der Waals surface area contributed by atoms with Crippen LogP contribution in [0.25, 0.3) is 0 Å². The maximum absolute atomic E-state index is 12.2. The van der Waals surface area contributed by atoms with Crippen molar-refractivity contribution in [2.24, 2.45) is 0 Å². The van der Waals surface area contributed by atoms with Gasteiger partial charge in [0.15, 0.2) is 5.11 Å². The molecule has 0 amide bonds. The van der Waals surface area contributed by atoms with Crippen LogP contribution in [-0.2, 0) is 14.3 Å². The molecule has 0 spiro atoms. The van der Waals surface area contributed by atoms with Crippen molar-refractivity contribution in [3.8, 4) is 0 Å². The highest BCUT2D eigenvalue weighted by Gasteiger charge is 2.31. The van der Waals surface area contributed by atoms with Crippen molar-refractivity contribution in [3.05, 3.63) is 46.7 Å². The summed E-state index contributed by atoms with van der Waals surface area (Å²) in [5, 5.41) is 6.51. The fourth-order valence-electron chi connectivity index (χ4n) is 2.43. The molecule has 1 aliphatic heterocycles. The summed E-state index contributed by atoms with van der Waals surface area (Å²) in [7, 11) is 2.67. The Morgan fingerprint density at radius 3 is 2.26 bits per heavy atom. The summed E-state index contributed by atoms with van der Waals surface area (Å²) in [6, 6.07) is 6.38. The summed E-state index contributed by atoms with van der Waals surface area (Å²) in [6.07, 6.45) is 0.614. The van der Waals surface area contributed by atoms with E-state index in [0.717, 1.165) is 11.3 Å². The quantitative estimate of drug-likeness (QED) is 0.642. The van der Waals surface area contributed by atoms with Crippen molar-refractivity contribution >= 4 is 29.3 Å². The van der Waals surface area contributed by atoms with Gasteiger partial charge in [-0.2, -0.15) is 0 Å². The molecule has 1 aromatic carbocycles.